The topological polar surface area (TPSA) is 105 Å². The van der Waals surface area contributed by atoms with Gasteiger partial charge in [-0.1, -0.05) is 13.0 Å². The number of pyridine rings is 1. The third kappa shape index (κ3) is 3.32. The lowest BCUT2D eigenvalue weighted by Gasteiger charge is -2.14. The monoisotopic (exact) mass is 394 g/mol. The molecule has 0 amide bonds. The number of nitrogens with zero attached hydrogens (tertiary/aromatic N) is 2. The fraction of sp³-hybridized carbons (Fsp3) is 0.318. The number of ketones is 1. The van der Waals surface area contributed by atoms with Gasteiger partial charge in [-0.15, -0.1) is 0 Å². The van der Waals surface area contributed by atoms with E-state index in [1.807, 2.05) is 31.2 Å². The van der Waals surface area contributed by atoms with E-state index in [1.54, 1.807) is 6.92 Å². The van der Waals surface area contributed by atoms with Crippen molar-refractivity contribution in [2.45, 2.75) is 33.7 Å². The normalized spacial score (nSPS) is 11.0. The molecule has 7 nitrogen and oxygen atoms in total. The van der Waals surface area contributed by atoms with Crippen LogP contribution in [0.2, 0.25) is 0 Å². The number of nitriles is 1. The molecule has 1 aromatic carbocycles. The maximum absolute atomic E-state index is 13.3. The standard InChI is InChI=1S/C22H22N2O5/c1-5-14-6-7-17-15(10-14)13(3)20(29-17)19(25)18-12(2)16(11-23)21(26)24(22(18)27)8-9-28-4/h6-7,10,27H,5,8-9H2,1-4H3. The van der Waals surface area contributed by atoms with Gasteiger partial charge in [-0.05, 0) is 43.5 Å². The Kier molecular flexibility index (Phi) is 5.57. The van der Waals surface area contributed by atoms with Crippen LogP contribution in [0.1, 0.15) is 45.3 Å². The Morgan fingerprint density at radius 1 is 1.31 bits per heavy atom. The molecule has 1 N–H and O–H groups in total. The van der Waals surface area contributed by atoms with E-state index in [-0.39, 0.29) is 35.6 Å². The van der Waals surface area contributed by atoms with Gasteiger partial charge in [-0.25, -0.2) is 0 Å². The molecule has 7 heteroatoms. The first kappa shape index (κ1) is 20.4. The van der Waals surface area contributed by atoms with E-state index in [4.69, 9.17) is 9.15 Å². The highest BCUT2D eigenvalue weighted by atomic mass is 16.5. The predicted octanol–water partition coefficient (Wildman–Crippen LogP) is 3.23. The zero-order valence-electron chi connectivity index (χ0n) is 16.8. The van der Waals surface area contributed by atoms with E-state index in [1.165, 1.54) is 14.0 Å². The SMILES string of the molecule is CCc1ccc2oc(C(=O)c3c(C)c(C#N)c(=O)n(CCOC)c3O)c(C)c2c1. The molecule has 150 valence electrons. The highest BCUT2D eigenvalue weighted by Gasteiger charge is 2.28. The third-order valence-corrected chi connectivity index (χ3v) is 5.16. The number of methoxy groups -OCH3 is 1. The van der Waals surface area contributed by atoms with E-state index in [2.05, 4.69) is 0 Å². The Bertz CT molecular complexity index is 1210. The fourth-order valence-electron chi connectivity index (χ4n) is 3.43. The maximum atomic E-state index is 13.3. The third-order valence-electron chi connectivity index (χ3n) is 5.16. The molecular weight excluding hydrogens is 372 g/mol. The molecule has 0 aliphatic rings. The molecule has 0 bridgehead atoms. The number of aromatic hydroxyl groups is 1. The first-order valence-corrected chi connectivity index (χ1v) is 9.27. The summed E-state index contributed by atoms with van der Waals surface area (Å²) in [4.78, 5) is 25.9. The molecule has 2 aromatic heterocycles. The van der Waals surface area contributed by atoms with Gasteiger partial charge in [0.1, 0.15) is 17.2 Å². The molecule has 29 heavy (non-hydrogen) atoms. The highest BCUT2D eigenvalue weighted by molar-refractivity contribution is 6.12. The molecule has 0 radical (unpaired) electrons. The number of aryl methyl sites for hydroxylation is 2. The second kappa shape index (κ2) is 7.94. The summed E-state index contributed by atoms with van der Waals surface area (Å²) in [7, 11) is 1.45. The van der Waals surface area contributed by atoms with Crippen molar-refractivity contribution in [2.75, 3.05) is 13.7 Å². The number of benzene rings is 1. The number of ether oxygens (including phenoxy) is 1. The Morgan fingerprint density at radius 3 is 2.66 bits per heavy atom. The minimum Gasteiger partial charge on any atom is -0.494 e. The summed E-state index contributed by atoms with van der Waals surface area (Å²) in [6.45, 7) is 5.43. The van der Waals surface area contributed by atoms with E-state index in [9.17, 15) is 20.0 Å². The highest BCUT2D eigenvalue weighted by Crippen LogP contribution is 2.31. The van der Waals surface area contributed by atoms with Crippen molar-refractivity contribution in [1.82, 2.24) is 4.57 Å². The van der Waals surface area contributed by atoms with Gasteiger partial charge in [-0.2, -0.15) is 5.26 Å². The summed E-state index contributed by atoms with van der Waals surface area (Å²) in [6.07, 6.45) is 0.847. The van der Waals surface area contributed by atoms with Crippen LogP contribution in [-0.2, 0) is 17.7 Å². The molecule has 3 rings (SSSR count). The first-order chi connectivity index (χ1) is 13.8. The molecule has 0 fully saturated rings. The lowest BCUT2D eigenvalue weighted by Crippen LogP contribution is -2.28. The summed E-state index contributed by atoms with van der Waals surface area (Å²) in [5.74, 6) is -0.996. The Labute approximate surface area is 167 Å². The molecule has 0 spiro atoms. The molecule has 0 aliphatic carbocycles. The molecule has 0 saturated heterocycles. The minimum absolute atomic E-state index is 0.00930. The summed E-state index contributed by atoms with van der Waals surface area (Å²) in [6, 6.07) is 7.55. The number of hydrogen-bond donors (Lipinski definition) is 1. The van der Waals surface area contributed by atoms with E-state index >= 15 is 0 Å². The van der Waals surface area contributed by atoms with Gasteiger partial charge in [0, 0.05) is 18.1 Å². The number of fused-ring (bicyclic) bond motifs is 1. The van der Waals surface area contributed by atoms with Crippen molar-refractivity contribution < 1.29 is 19.1 Å². The van der Waals surface area contributed by atoms with Crippen molar-refractivity contribution in [1.29, 1.82) is 5.26 Å². The van der Waals surface area contributed by atoms with Crippen LogP contribution in [0.3, 0.4) is 0 Å². The van der Waals surface area contributed by atoms with Crippen LogP contribution in [0.15, 0.2) is 27.4 Å². The quantitative estimate of drug-likeness (QED) is 0.644. The van der Waals surface area contributed by atoms with Crippen LogP contribution in [0.5, 0.6) is 5.88 Å². The Hall–Kier alpha value is -3.37. The van der Waals surface area contributed by atoms with Gasteiger partial charge in [0.2, 0.25) is 11.7 Å². The number of hydrogen-bond acceptors (Lipinski definition) is 6. The van der Waals surface area contributed by atoms with E-state index in [0.29, 0.717) is 11.1 Å². The number of carbonyl (C=O) groups excluding carboxylic acids is 1. The smallest absolute Gasteiger partial charge is 0.271 e. The van der Waals surface area contributed by atoms with Crippen LogP contribution in [-0.4, -0.2) is 29.2 Å². The number of rotatable bonds is 6. The van der Waals surface area contributed by atoms with Gasteiger partial charge >= 0.3 is 0 Å². The van der Waals surface area contributed by atoms with Crippen molar-refractivity contribution in [3.8, 4) is 11.9 Å². The largest absolute Gasteiger partial charge is 0.494 e. The second-order valence-electron chi connectivity index (χ2n) is 6.83. The van der Waals surface area contributed by atoms with Gasteiger partial charge in [-0.3, -0.25) is 14.2 Å². The molecule has 3 aromatic rings. The van der Waals surface area contributed by atoms with E-state index < -0.39 is 17.2 Å². The van der Waals surface area contributed by atoms with Crippen LogP contribution >= 0.6 is 0 Å². The molecular formula is C22H22N2O5. The number of furan rings is 1. The van der Waals surface area contributed by atoms with Gasteiger partial charge in [0.05, 0.1) is 18.7 Å². The van der Waals surface area contributed by atoms with Crippen molar-refractivity contribution in [3.05, 3.63) is 62.1 Å². The molecule has 0 atom stereocenters. The van der Waals surface area contributed by atoms with Crippen LogP contribution < -0.4 is 5.56 Å². The van der Waals surface area contributed by atoms with Gasteiger partial charge < -0.3 is 14.3 Å². The van der Waals surface area contributed by atoms with Gasteiger partial charge in [0.15, 0.2) is 5.76 Å². The summed E-state index contributed by atoms with van der Waals surface area (Å²) in [5.41, 5.74) is 1.48. The predicted molar refractivity (Wildman–Crippen MR) is 107 cm³/mol. The van der Waals surface area contributed by atoms with Crippen LogP contribution in [0.4, 0.5) is 0 Å². The zero-order chi connectivity index (χ0) is 21.3. The number of carbonyl (C=O) groups is 1. The second-order valence-corrected chi connectivity index (χ2v) is 6.83. The van der Waals surface area contributed by atoms with Crippen molar-refractivity contribution in [2.24, 2.45) is 0 Å². The fourth-order valence-corrected chi connectivity index (χ4v) is 3.43. The minimum atomic E-state index is -0.662. The van der Waals surface area contributed by atoms with Gasteiger partial charge in [0.25, 0.3) is 5.56 Å². The Morgan fingerprint density at radius 2 is 2.03 bits per heavy atom. The summed E-state index contributed by atoms with van der Waals surface area (Å²) >= 11 is 0. The molecule has 2 heterocycles. The van der Waals surface area contributed by atoms with Crippen molar-refractivity contribution in [3.63, 3.8) is 0 Å². The zero-order valence-corrected chi connectivity index (χ0v) is 16.8. The lowest BCUT2D eigenvalue weighted by molar-refractivity contribution is 0.100. The maximum Gasteiger partial charge on any atom is 0.271 e. The summed E-state index contributed by atoms with van der Waals surface area (Å²) in [5, 5.41) is 21.0. The molecule has 0 saturated carbocycles. The average molecular weight is 394 g/mol. The van der Waals surface area contributed by atoms with Crippen LogP contribution in [0, 0.1) is 25.2 Å². The first-order valence-electron chi connectivity index (χ1n) is 9.27. The molecule has 0 unspecified atom stereocenters. The average Bonchev–Trinajstić information content (AvgIpc) is 3.04. The number of aromatic nitrogens is 1. The Balaban J connectivity index is 2.24. The van der Waals surface area contributed by atoms with E-state index in [0.717, 1.165) is 21.9 Å². The summed E-state index contributed by atoms with van der Waals surface area (Å²) < 4.78 is 11.7. The lowest BCUT2D eigenvalue weighted by atomic mass is 9.98. The van der Waals surface area contributed by atoms with Crippen LogP contribution in [0.25, 0.3) is 11.0 Å². The van der Waals surface area contributed by atoms with Crippen molar-refractivity contribution >= 4 is 16.8 Å². The molecule has 0 aliphatic heterocycles.